The van der Waals surface area contributed by atoms with E-state index >= 15 is 0 Å². The van der Waals surface area contributed by atoms with E-state index in [-0.39, 0.29) is 18.5 Å². The van der Waals surface area contributed by atoms with Gasteiger partial charge in [-0.3, -0.25) is 0 Å². The molecular formula is C10H12FNO2. The Balaban J connectivity index is 2.54. The van der Waals surface area contributed by atoms with Gasteiger partial charge < -0.3 is 15.6 Å². The van der Waals surface area contributed by atoms with Gasteiger partial charge in [0.15, 0.2) is 0 Å². The molecule has 2 rings (SSSR count). The molecular weight excluding hydrogens is 185 g/mol. The summed E-state index contributed by atoms with van der Waals surface area (Å²) in [6.45, 7) is 0.291. The summed E-state index contributed by atoms with van der Waals surface area (Å²) in [6.07, 6.45) is 0.682. The Morgan fingerprint density at radius 1 is 1.57 bits per heavy atom. The minimum atomic E-state index is -0.381. The van der Waals surface area contributed by atoms with Crippen molar-refractivity contribution in [3.8, 4) is 5.75 Å². The fourth-order valence-electron chi connectivity index (χ4n) is 1.69. The SMILES string of the molecule is NC1CCOc2c(CO)cc(F)cc21. The van der Waals surface area contributed by atoms with E-state index in [0.29, 0.717) is 29.9 Å². The molecule has 4 heteroatoms. The standard InChI is InChI=1S/C10H12FNO2/c11-7-3-6(5-13)10-8(4-7)9(12)1-2-14-10/h3-4,9,13H,1-2,5,12H2. The summed E-state index contributed by atoms with van der Waals surface area (Å²) in [7, 11) is 0. The second-order valence-corrected chi connectivity index (χ2v) is 3.39. The molecule has 1 aromatic carbocycles. The fraction of sp³-hybridized carbons (Fsp3) is 0.400. The van der Waals surface area contributed by atoms with Crippen LogP contribution in [0.1, 0.15) is 23.6 Å². The van der Waals surface area contributed by atoms with Crippen LogP contribution in [0, 0.1) is 5.82 Å². The van der Waals surface area contributed by atoms with Gasteiger partial charge in [-0.2, -0.15) is 0 Å². The second kappa shape index (κ2) is 3.55. The molecule has 0 aliphatic carbocycles. The highest BCUT2D eigenvalue weighted by atomic mass is 19.1. The highest BCUT2D eigenvalue weighted by Crippen LogP contribution is 2.34. The van der Waals surface area contributed by atoms with E-state index in [1.807, 2.05) is 0 Å². The van der Waals surface area contributed by atoms with Crippen LogP contribution < -0.4 is 10.5 Å². The molecule has 1 aliphatic rings. The minimum Gasteiger partial charge on any atom is -0.493 e. The number of aliphatic hydroxyl groups excluding tert-OH is 1. The number of hydrogen-bond acceptors (Lipinski definition) is 3. The predicted octanol–water partition coefficient (Wildman–Crippen LogP) is 1.10. The van der Waals surface area contributed by atoms with Gasteiger partial charge in [-0.25, -0.2) is 4.39 Å². The van der Waals surface area contributed by atoms with E-state index in [1.165, 1.54) is 12.1 Å². The zero-order valence-electron chi connectivity index (χ0n) is 7.66. The number of benzene rings is 1. The molecule has 0 fully saturated rings. The lowest BCUT2D eigenvalue weighted by Gasteiger charge is -2.24. The van der Waals surface area contributed by atoms with Crippen molar-refractivity contribution < 1.29 is 14.2 Å². The van der Waals surface area contributed by atoms with Crippen molar-refractivity contribution >= 4 is 0 Å². The maximum Gasteiger partial charge on any atom is 0.129 e. The second-order valence-electron chi connectivity index (χ2n) is 3.39. The maximum absolute atomic E-state index is 13.1. The fourth-order valence-corrected chi connectivity index (χ4v) is 1.69. The summed E-state index contributed by atoms with van der Waals surface area (Å²) >= 11 is 0. The largest absolute Gasteiger partial charge is 0.493 e. The number of fused-ring (bicyclic) bond motifs is 1. The number of nitrogens with two attached hydrogens (primary N) is 1. The van der Waals surface area contributed by atoms with E-state index in [1.54, 1.807) is 0 Å². The van der Waals surface area contributed by atoms with Gasteiger partial charge in [0.05, 0.1) is 13.2 Å². The molecule has 3 nitrogen and oxygen atoms in total. The van der Waals surface area contributed by atoms with Gasteiger partial charge in [0.1, 0.15) is 11.6 Å². The summed E-state index contributed by atoms with van der Waals surface area (Å²) in [6, 6.07) is 2.45. The summed E-state index contributed by atoms with van der Waals surface area (Å²) in [4.78, 5) is 0. The van der Waals surface area contributed by atoms with Crippen molar-refractivity contribution in [2.75, 3.05) is 6.61 Å². The zero-order valence-corrected chi connectivity index (χ0v) is 7.66. The average Bonchev–Trinajstić information content (AvgIpc) is 2.18. The molecule has 0 spiro atoms. The van der Waals surface area contributed by atoms with Crippen LogP contribution in [0.2, 0.25) is 0 Å². The smallest absolute Gasteiger partial charge is 0.129 e. The summed E-state index contributed by atoms with van der Waals surface area (Å²) in [5, 5.41) is 9.02. The van der Waals surface area contributed by atoms with E-state index in [9.17, 15) is 4.39 Å². The molecule has 0 radical (unpaired) electrons. The van der Waals surface area contributed by atoms with Crippen molar-refractivity contribution in [3.05, 3.63) is 29.1 Å². The Bertz CT molecular complexity index is 354. The molecule has 0 amide bonds. The van der Waals surface area contributed by atoms with Gasteiger partial charge in [-0.1, -0.05) is 0 Å². The molecule has 1 aromatic rings. The first kappa shape index (κ1) is 9.43. The van der Waals surface area contributed by atoms with Gasteiger partial charge in [-0.05, 0) is 12.1 Å². The lowest BCUT2D eigenvalue weighted by atomic mass is 9.98. The van der Waals surface area contributed by atoms with E-state index < -0.39 is 0 Å². The first-order valence-electron chi connectivity index (χ1n) is 4.54. The van der Waals surface area contributed by atoms with Crippen LogP contribution >= 0.6 is 0 Å². The predicted molar refractivity (Wildman–Crippen MR) is 49.4 cm³/mol. The van der Waals surface area contributed by atoms with Crippen LogP contribution in [-0.4, -0.2) is 11.7 Å². The monoisotopic (exact) mass is 197 g/mol. The number of halogens is 1. The highest BCUT2D eigenvalue weighted by molar-refractivity contribution is 5.44. The third-order valence-corrected chi connectivity index (χ3v) is 2.40. The number of hydrogen-bond donors (Lipinski definition) is 2. The molecule has 0 aromatic heterocycles. The molecule has 0 bridgehead atoms. The van der Waals surface area contributed by atoms with E-state index in [4.69, 9.17) is 15.6 Å². The van der Waals surface area contributed by atoms with Crippen molar-refractivity contribution in [1.82, 2.24) is 0 Å². The zero-order chi connectivity index (χ0) is 10.1. The topological polar surface area (TPSA) is 55.5 Å². The van der Waals surface area contributed by atoms with Gasteiger partial charge in [0, 0.05) is 23.6 Å². The lowest BCUT2D eigenvalue weighted by molar-refractivity contribution is 0.241. The van der Waals surface area contributed by atoms with Gasteiger partial charge in [0.2, 0.25) is 0 Å². The molecule has 76 valence electrons. The quantitative estimate of drug-likeness (QED) is 0.708. The van der Waals surface area contributed by atoms with Crippen molar-refractivity contribution in [1.29, 1.82) is 0 Å². The van der Waals surface area contributed by atoms with Crippen LogP contribution in [0.4, 0.5) is 4.39 Å². The first-order chi connectivity index (χ1) is 6.72. The summed E-state index contributed by atoms with van der Waals surface area (Å²) < 4.78 is 18.5. The Morgan fingerprint density at radius 3 is 3.07 bits per heavy atom. The third kappa shape index (κ3) is 1.47. The molecule has 0 saturated carbocycles. The van der Waals surface area contributed by atoms with Gasteiger partial charge in [0.25, 0.3) is 0 Å². The summed E-state index contributed by atoms with van der Waals surface area (Å²) in [5.41, 5.74) is 6.93. The number of aliphatic hydroxyl groups is 1. The number of ether oxygens (including phenoxy) is 1. The average molecular weight is 197 g/mol. The normalized spacial score (nSPS) is 20.1. The first-order valence-corrected chi connectivity index (χ1v) is 4.54. The van der Waals surface area contributed by atoms with Gasteiger partial charge >= 0.3 is 0 Å². The van der Waals surface area contributed by atoms with Crippen molar-refractivity contribution in [3.63, 3.8) is 0 Å². The van der Waals surface area contributed by atoms with Crippen LogP contribution in [0.25, 0.3) is 0 Å². The molecule has 0 saturated heterocycles. The Kier molecular flexibility index (Phi) is 2.39. The van der Waals surface area contributed by atoms with Crippen LogP contribution in [0.3, 0.4) is 0 Å². The maximum atomic E-state index is 13.1. The van der Waals surface area contributed by atoms with E-state index in [0.717, 1.165) is 0 Å². The lowest BCUT2D eigenvalue weighted by Crippen LogP contribution is -2.21. The summed E-state index contributed by atoms with van der Waals surface area (Å²) in [5.74, 6) is 0.168. The number of rotatable bonds is 1. The van der Waals surface area contributed by atoms with Crippen LogP contribution in [-0.2, 0) is 6.61 Å². The highest BCUT2D eigenvalue weighted by Gasteiger charge is 2.21. The van der Waals surface area contributed by atoms with Crippen LogP contribution in [0.5, 0.6) is 5.75 Å². The Hall–Kier alpha value is -1.13. The molecule has 3 N–H and O–H groups in total. The van der Waals surface area contributed by atoms with Crippen LogP contribution in [0.15, 0.2) is 12.1 Å². The van der Waals surface area contributed by atoms with Crippen molar-refractivity contribution in [2.45, 2.75) is 19.1 Å². The molecule has 1 atom stereocenters. The van der Waals surface area contributed by atoms with Crippen molar-refractivity contribution in [2.24, 2.45) is 5.73 Å². The Labute approximate surface area is 81.3 Å². The molecule has 1 unspecified atom stereocenters. The molecule has 1 heterocycles. The van der Waals surface area contributed by atoms with Gasteiger partial charge in [-0.15, -0.1) is 0 Å². The molecule has 14 heavy (non-hydrogen) atoms. The van der Waals surface area contributed by atoms with E-state index in [2.05, 4.69) is 0 Å². The molecule has 1 aliphatic heterocycles. The Morgan fingerprint density at radius 2 is 2.36 bits per heavy atom. The third-order valence-electron chi connectivity index (χ3n) is 2.40. The minimum absolute atomic E-state index is 0.195.